The van der Waals surface area contributed by atoms with Crippen LogP contribution in [0.4, 0.5) is 0 Å². The Kier molecular flexibility index (Phi) is 2.12. The molecule has 0 spiro atoms. The molecule has 0 aromatic carbocycles. The molecule has 0 N–H and O–H groups in total. The van der Waals surface area contributed by atoms with Crippen molar-refractivity contribution >= 4 is 17.9 Å². The smallest absolute Gasteiger partial charge is 0.171 e. The van der Waals surface area contributed by atoms with Crippen molar-refractivity contribution in [1.29, 1.82) is 0 Å². The summed E-state index contributed by atoms with van der Waals surface area (Å²) in [6, 6.07) is 0.373. The molecule has 4 heteroatoms. The summed E-state index contributed by atoms with van der Waals surface area (Å²) in [7, 11) is 0. The second-order valence-electron chi connectivity index (χ2n) is 3.43. The molecule has 13 heavy (non-hydrogen) atoms. The van der Waals surface area contributed by atoms with E-state index in [1.54, 1.807) is 0 Å². The fraction of sp³-hybridized carbons (Fsp3) is 0.556. The minimum Gasteiger partial charge on any atom is -0.316 e. The van der Waals surface area contributed by atoms with E-state index in [1.165, 1.54) is 0 Å². The minimum absolute atomic E-state index is 0.373. The van der Waals surface area contributed by atoms with Crippen LogP contribution in [0.3, 0.4) is 0 Å². The zero-order chi connectivity index (χ0) is 9.42. The Bertz CT molecular complexity index is 346. The molecule has 1 unspecified atom stereocenters. The molecule has 1 aliphatic heterocycles. The molecule has 2 rings (SSSR count). The number of carbonyl (C=O) groups is 1. The van der Waals surface area contributed by atoms with Crippen molar-refractivity contribution in [3.05, 3.63) is 16.7 Å². The van der Waals surface area contributed by atoms with Crippen LogP contribution in [0.5, 0.6) is 0 Å². The summed E-state index contributed by atoms with van der Waals surface area (Å²) in [5.74, 6) is 0.950. The van der Waals surface area contributed by atoms with Gasteiger partial charge in [0.2, 0.25) is 0 Å². The van der Waals surface area contributed by atoms with E-state index in [0.29, 0.717) is 16.9 Å². The van der Waals surface area contributed by atoms with Crippen LogP contribution in [0.25, 0.3) is 0 Å². The number of aromatic nitrogens is 2. The first-order valence-electron chi connectivity index (χ1n) is 4.46. The number of aldehydes is 1. The highest BCUT2D eigenvalue weighted by Crippen LogP contribution is 2.29. The standard InChI is InChI=1S/C9H11ClN2O/c1-6-3-2-4-8-11-7(5-13)9(10)12(6)8/h5-6H,2-4H2,1H3. The first-order valence-corrected chi connectivity index (χ1v) is 4.83. The summed E-state index contributed by atoms with van der Waals surface area (Å²) < 4.78 is 1.97. The van der Waals surface area contributed by atoms with Crippen molar-refractivity contribution in [2.24, 2.45) is 0 Å². The van der Waals surface area contributed by atoms with E-state index >= 15 is 0 Å². The van der Waals surface area contributed by atoms with Crippen LogP contribution in [0.15, 0.2) is 0 Å². The third kappa shape index (κ3) is 1.27. The Hall–Kier alpha value is -0.830. The highest BCUT2D eigenvalue weighted by atomic mass is 35.5. The maximum Gasteiger partial charge on any atom is 0.171 e. The normalized spacial score (nSPS) is 21.2. The van der Waals surface area contributed by atoms with Crippen molar-refractivity contribution in [3.63, 3.8) is 0 Å². The lowest BCUT2D eigenvalue weighted by atomic mass is 10.1. The molecule has 70 valence electrons. The summed E-state index contributed by atoms with van der Waals surface area (Å²) in [4.78, 5) is 14.8. The number of nitrogens with zero attached hydrogens (tertiary/aromatic N) is 2. The van der Waals surface area contributed by atoms with Crippen molar-refractivity contribution in [1.82, 2.24) is 9.55 Å². The topological polar surface area (TPSA) is 34.9 Å². The molecule has 0 saturated heterocycles. The van der Waals surface area contributed by atoms with Gasteiger partial charge >= 0.3 is 0 Å². The predicted octanol–water partition coefficient (Wildman–Crippen LogP) is 2.25. The van der Waals surface area contributed by atoms with Gasteiger partial charge in [0.05, 0.1) is 0 Å². The summed E-state index contributed by atoms with van der Waals surface area (Å²) >= 11 is 6.01. The number of rotatable bonds is 1. The molecule has 0 bridgehead atoms. The van der Waals surface area contributed by atoms with Gasteiger partial charge in [-0.1, -0.05) is 11.6 Å². The lowest BCUT2D eigenvalue weighted by Crippen LogP contribution is -2.15. The third-order valence-corrected chi connectivity index (χ3v) is 2.90. The highest BCUT2D eigenvalue weighted by Gasteiger charge is 2.22. The van der Waals surface area contributed by atoms with Crippen LogP contribution in [0, 0.1) is 0 Å². The van der Waals surface area contributed by atoms with E-state index in [0.717, 1.165) is 31.4 Å². The maximum atomic E-state index is 10.6. The monoisotopic (exact) mass is 198 g/mol. The molecular weight excluding hydrogens is 188 g/mol. The quantitative estimate of drug-likeness (QED) is 0.649. The van der Waals surface area contributed by atoms with Gasteiger partial charge in [-0.25, -0.2) is 4.98 Å². The van der Waals surface area contributed by atoms with Crippen LogP contribution in [-0.4, -0.2) is 15.8 Å². The van der Waals surface area contributed by atoms with Gasteiger partial charge in [0.15, 0.2) is 6.29 Å². The van der Waals surface area contributed by atoms with Gasteiger partial charge in [0.25, 0.3) is 0 Å². The predicted molar refractivity (Wildman–Crippen MR) is 50.3 cm³/mol. The molecule has 0 radical (unpaired) electrons. The fourth-order valence-corrected chi connectivity index (χ4v) is 2.21. The average molecular weight is 199 g/mol. The van der Waals surface area contributed by atoms with Crippen LogP contribution in [0.1, 0.15) is 42.1 Å². The SMILES string of the molecule is CC1CCCc2nc(C=O)c(Cl)n21. The molecule has 0 fully saturated rings. The van der Waals surface area contributed by atoms with E-state index in [4.69, 9.17) is 11.6 Å². The van der Waals surface area contributed by atoms with Gasteiger partial charge in [-0.15, -0.1) is 0 Å². The van der Waals surface area contributed by atoms with Crippen molar-refractivity contribution in [3.8, 4) is 0 Å². The van der Waals surface area contributed by atoms with Gasteiger partial charge in [0, 0.05) is 12.5 Å². The summed E-state index contributed by atoms with van der Waals surface area (Å²) in [5, 5.41) is 0.497. The van der Waals surface area contributed by atoms with Crippen LogP contribution >= 0.6 is 11.6 Å². The molecule has 0 saturated carbocycles. The molecule has 2 heterocycles. The van der Waals surface area contributed by atoms with E-state index < -0.39 is 0 Å². The first kappa shape index (κ1) is 8.75. The summed E-state index contributed by atoms with van der Waals surface area (Å²) in [6.07, 6.45) is 3.90. The van der Waals surface area contributed by atoms with Gasteiger partial charge < -0.3 is 4.57 Å². The highest BCUT2D eigenvalue weighted by molar-refractivity contribution is 6.31. The lowest BCUT2D eigenvalue weighted by molar-refractivity contribution is 0.111. The second-order valence-corrected chi connectivity index (χ2v) is 3.79. The Morgan fingerprint density at radius 1 is 1.69 bits per heavy atom. The molecule has 1 atom stereocenters. The van der Waals surface area contributed by atoms with E-state index in [1.807, 2.05) is 4.57 Å². The molecule has 3 nitrogen and oxygen atoms in total. The number of aryl methyl sites for hydroxylation is 1. The largest absolute Gasteiger partial charge is 0.316 e. The average Bonchev–Trinajstić information content (AvgIpc) is 2.44. The Balaban J connectivity index is 2.55. The number of hydrogen-bond acceptors (Lipinski definition) is 2. The number of fused-ring (bicyclic) bond motifs is 1. The maximum absolute atomic E-state index is 10.6. The number of hydrogen-bond donors (Lipinski definition) is 0. The molecule has 1 aromatic rings. The van der Waals surface area contributed by atoms with E-state index in [-0.39, 0.29) is 0 Å². The molecule has 0 aliphatic carbocycles. The van der Waals surface area contributed by atoms with Crippen molar-refractivity contribution in [2.45, 2.75) is 32.2 Å². The zero-order valence-corrected chi connectivity index (χ0v) is 8.21. The zero-order valence-electron chi connectivity index (χ0n) is 7.46. The number of imidazole rings is 1. The Morgan fingerprint density at radius 2 is 2.46 bits per heavy atom. The molecule has 0 amide bonds. The molecule has 1 aliphatic rings. The van der Waals surface area contributed by atoms with Gasteiger partial charge in [0.1, 0.15) is 16.7 Å². The van der Waals surface area contributed by atoms with Crippen LogP contribution in [-0.2, 0) is 6.42 Å². The minimum atomic E-state index is 0.373. The molecular formula is C9H11ClN2O. The van der Waals surface area contributed by atoms with E-state index in [9.17, 15) is 4.79 Å². The molecule has 1 aromatic heterocycles. The summed E-state index contributed by atoms with van der Waals surface area (Å²) in [6.45, 7) is 2.10. The van der Waals surface area contributed by atoms with Gasteiger partial charge in [-0.05, 0) is 19.8 Å². The van der Waals surface area contributed by atoms with Gasteiger partial charge in [-0.2, -0.15) is 0 Å². The Labute approximate surface area is 81.7 Å². The van der Waals surface area contributed by atoms with Gasteiger partial charge in [-0.3, -0.25) is 4.79 Å². The second kappa shape index (κ2) is 3.14. The number of carbonyl (C=O) groups excluding carboxylic acids is 1. The summed E-state index contributed by atoms with van der Waals surface area (Å²) in [5.41, 5.74) is 0.380. The van der Waals surface area contributed by atoms with E-state index in [2.05, 4.69) is 11.9 Å². The van der Waals surface area contributed by atoms with Crippen molar-refractivity contribution < 1.29 is 4.79 Å². The van der Waals surface area contributed by atoms with Crippen LogP contribution in [0.2, 0.25) is 5.15 Å². The van der Waals surface area contributed by atoms with Crippen LogP contribution < -0.4 is 0 Å². The lowest BCUT2D eigenvalue weighted by Gasteiger charge is -2.21. The Morgan fingerprint density at radius 3 is 3.08 bits per heavy atom. The van der Waals surface area contributed by atoms with Crippen molar-refractivity contribution in [2.75, 3.05) is 0 Å². The number of halogens is 1. The fourth-order valence-electron chi connectivity index (χ4n) is 1.86. The third-order valence-electron chi connectivity index (χ3n) is 2.53. The first-order chi connectivity index (χ1) is 6.24.